The number of hydrogen-bond donors (Lipinski definition) is 2. The third kappa shape index (κ3) is 5.66. The molecular weight excluding hydrogens is 442 g/mol. The first-order valence-electron chi connectivity index (χ1n) is 11.5. The molecular formula is C27H29N5O3. The molecule has 180 valence electrons. The van der Waals surface area contributed by atoms with E-state index in [0.29, 0.717) is 30.1 Å². The van der Waals surface area contributed by atoms with Crippen LogP contribution >= 0.6 is 0 Å². The number of nitrogens with two attached hydrogens (primary N) is 1. The van der Waals surface area contributed by atoms with Gasteiger partial charge in [-0.1, -0.05) is 18.2 Å². The number of benzene rings is 1. The molecule has 2 aromatic heterocycles. The van der Waals surface area contributed by atoms with Crippen LogP contribution in [0, 0.1) is 0 Å². The molecule has 0 bridgehead atoms. The Morgan fingerprint density at radius 1 is 1.23 bits per heavy atom. The van der Waals surface area contributed by atoms with E-state index >= 15 is 0 Å². The van der Waals surface area contributed by atoms with E-state index in [4.69, 9.17) is 10.5 Å². The molecule has 3 N–H and O–H groups in total. The topological polar surface area (TPSA) is 114 Å². The first-order valence-corrected chi connectivity index (χ1v) is 11.5. The molecule has 2 heterocycles. The van der Waals surface area contributed by atoms with Crippen LogP contribution in [0.2, 0.25) is 0 Å². The molecule has 35 heavy (non-hydrogen) atoms. The number of phenolic OH excluding ortho intramolecular Hbond substituents is 1. The molecule has 0 radical (unpaired) electrons. The Morgan fingerprint density at radius 2 is 2.11 bits per heavy atom. The Bertz CT molecular complexity index is 1210. The summed E-state index contributed by atoms with van der Waals surface area (Å²) in [5.41, 5.74) is 9.78. The van der Waals surface area contributed by atoms with Gasteiger partial charge in [-0.25, -0.2) is 4.98 Å². The number of carbonyl (C=O) groups is 1. The van der Waals surface area contributed by atoms with Crippen LogP contribution in [-0.2, 0) is 17.8 Å². The summed E-state index contributed by atoms with van der Waals surface area (Å²) in [6.45, 7) is 0.630. The number of carbonyl (C=O) groups excluding carboxylic acids is 1. The second kappa shape index (κ2) is 11.3. The van der Waals surface area contributed by atoms with Crippen molar-refractivity contribution in [3.05, 3.63) is 89.5 Å². The monoisotopic (exact) mass is 471 g/mol. The number of aromatic nitrogens is 2. The Balaban J connectivity index is 1.61. The van der Waals surface area contributed by atoms with Gasteiger partial charge in [0.25, 0.3) is 0 Å². The SMILES string of the molecule is COc1ccc(N(CC(C=NCc2ccccn2)=CN)C(=O)C2CCCc3c(O)cccc32)cn1. The van der Waals surface area contributed by atoms with Crippen molar-refractivity contribution in [1.82, 2.24) is 9.97 Å². The first-order chi connectivity index (χ1) is 17.1. The number of aliphatic imine (C=N–C) groups is 1. The molecule has 1 atom stereocenters. The van der Waals surface area contributed by atoms with Gasteiger partial charge in [-0.15, -0.1) is 0 Å². The van der Waals surface area contributed by atoms with Crippen LogP contribution in [0.15, 0.2) is 77.7 Å². The fraction of sp³-hybridized carbons (Fsp3) is 0.259. The summed E-state index contributed by atoms with van der Waals surface area (Å²) in [4.78, 5) is 28.6. The van der Waals surface area contributed by atoms with Crippen molar-refractivity contribution in [1.29, 1.82) is 0 Å². The second-order valence-electron chi connectivity index (χ2n) is 8.31. The van der Waals surface area contributed by atoms with Crippen LogP contribution in [0.4, 0.5) is 5.69 Å². The van der Waals surface area contributed by atoms with E-state index in [-0.39, 0.29) is 24.1 Å². The summed E-state index contributed by atoms with van der Waals surface area (Å²) in [5.74, 6) is 0.237. The van der Waals surface area contributed by atoms with Crippen molar-refractivity contribution in [3.63, 3.8) is 0 Å². The highest BCUT2D eigenvalue weighted by atomic mass is 16.5. The molecule has 1 aliphatic rings. The van der Waals surface area contributed by atoms with Crippen molar-refractivity contribution in [2.75, 3.05) is 18.6 Å². The van der Waals surface area contributed by atoms with Crippen LogP contribution in [-0.4, -0.2) is 40.9 Å². The molecule has 0 saturated carbocycles. The van der Waals surface area contributed by atoms with E-state index in [2.05, 4.69) is 15.0 Å². The van der Waals surface area contributed by atoms with Crippen LogP contribution in [0.25, 0.3) is 0 Å². The number of amides is 1. The van der Waals surface area contributed by atoms with Crippen LogP contribution in [0.1, 0.15) is 35.6 Å². The van der Waals surface area contributed by atoms with Gasteiger partial charge in [-0.05, 0) is 54.7 Å². The first kappa shape index (κ1) is 23.9. The van der Waals surface area contributed by atoms with Gasteiger partial charge in [0.2, 0.25) is 11.8 Å². The number of nitrogens with zero attached hydrogens (tertiary/aromatic N) is 4. The van der Waals surface area contributed by atoms with Gasteiger partial charge in [0, 0.05) is 30.3 Å². The summed E-state index contributed by atoms with van der Waals surface area (Å²) < 4.78 is 5.18. The lowest BCUT2D eigenvalue weighted by Crippen LogP contribution is -2.38. The minimum absolute atomic E-state index is 0.0824. The number of methoxy groups -OCH3 is 1. The smallest absolute Gasteiger partial charge is 0.234 e. The average Bonchev–Trinajstić information content (AvgIpc) is 2.91. The average molecular weight is 472 g/mol. The summed E-state index contributed by atoms with van der Waals surface area (Å²) in [7, 11) is 1.55. The van der Waals surface area contributed by atoms with Crippen LogP contribution < -0.4 is 15.4 Å². The number of rotatable bonds is 8. The lowest BCUT2D eigenvalue weighted by Gasteiger charge is -2.31. The zero-order valence-corrected chi connectivity index (χ0v) is 19.7. The predicted molar refractivity (Wildman–Crippen MR) is 136 cm³/mol. The number of anilines is 1. The zero-order chi connectivity index (χ0) is 24.6. The molecule has 1 unspecified atom stereocenters. The molecule has 0 aliphatic heterocycles. The fourth-order valence-corrected chi connectivity index (χ4v) is 4.29. The van der Waals surface area contributed by atoms with Crippen molar-refractivity contribution in [2.45, 2.75) is 31.7 Å². The van der Waals surface area contributed by atoms with Gasteiger partial charge >= 0.3 is 0 Å². The molecule has 8 nitrogen and oxygen atoms in total. The Kier molecular flexibility index (Phi) is 7.72. The molecule has 0 saturated heterocycles. The molecule has 4 rings (SSSR count). The van der Waals surface area contributed by atoms with Crippen LogP contribution in [0.3, 0.4) is 0 Å². The third-order valence-corrected chi connectivity index (χ3v) is 6.08. The van der Waals surface area contributed by atoms with E-state index in [0.717, 1.165) is 29.7 Å². The van der Waals surface area contributed by atoms with E-state index < -0.39 is 0 Å². The number of fused-ring (bicyclic) bond motifs is 1. The molecule has 0 fully saturated rings. The molecule has 8 heteroatoms. The van der Waals surface area contributed by atoms with E-state index in [1.165, 1.54) is 6.20 Å². The summed E-state index contributed by atoms with van der Waals surface area (Å²) in [5, 5.41) is 10.3. The highest BCUT2D eigenvalue weighted by Crippen LogP contribution is 2.38. The normalized spacial score (nSPS) is 15.6. The van der Waals surface area contributed by atoms with Gasteiger partial charge < -0.3 is 20.5 Å². The molecule has 1 aliphatic carbocycles. The maximum absolute atomic E-state index is 13.9. The minimum atomic E-state index is -0.377. The van der Waals surface area contributed by atoms with Gasteiger partial charge in [0.1, 0.15) is 5.75 Å². The van der Waals surface area contributed by atoms with Gasteiger partial charge in [0.15, 0.2) is 0 Å². The lowest BCUT2D eigenvalue weighted by molar-refractivity contribution is -0.120. The Labute approximate surface area is 204 Å². The van der Waals surface area contributed by atoms with Crippen LogP contribution in [0.5, 0.6) is 11.6 Å². The number of hydrogen-bond acceptors (Lipinski definition) is 7. The summed E-state index contributed by atoms with van der Waals surface area (Å²) in [6.07, 6.45) is 8.74. The second-order valence-corrected chi connectivity index (χ2v) is 8.31. The number of pyridine rings is 2. The highest BCUT2D eigenvalue weighted by Gasteiger charge is 2.32. The Hall–Kier alpha value is -4.20. The maximum atomic E-state index is 13.9. The van der Waals surface area contributed by atoms with Gasteiger partial charge in [-0.3, -0.25) is 14.8 Å². The van der Waals surface area contributed by atoms with Crippen molar-refractivity contribution < 1.29 is 14.6 Å². The summed E-state index contributed by atoms with van der Waals surface area (Å²) in [6, 6.07) is 14.6. The number of ether oxygens (including phenoxy) is 1. The van der Waals surface area contributed by atoms with Gasteiger partial charge in [0.05, 0.1) is 43.7 Å². The van der Waals surface area contributed by atoms with E-state index in [9.17, 15) is 9.90 Å². The summed E-state index contributed by atoms with van der Waals surface area (Å²) >= 11 is 0. The Morgan fingerprint density at radius 3 is 2.83 bits per heavy atom. The largest absolute Gasteiger partial charge is 0.508 e. The third-order valence-electron chi connectivity index (χ3n) is 6.08. The standard InChI is InChI=1S/C27H29N5O3/c1-35-26-12-11-21(17-31-26)32(18-19(14-28)15-29-16-20-6-2-3-13-30-20)27(34)24-9-4-8-23-22(24)7-5-10-25(23)33/h2-3,5-7,10-15,17,24,33H,4,8-9,16,18,28H2,1H3. The number of aromatic hydroxyl groups is 1. The molecule has 0 spiro atoms. The fourth-order valence-electron chi connectivity index (χ4n) is 4.29. The highest BCUT2D eigenvalue weighted by molar-refractivity contribution is 6.00. The van der Waals surface area contributed by atoms with Gasteiger partial charge in [-0.2, -0.15) is 0 Å². The minimum Gasteiger partial charge on any atom is -0.508 e. The van der Waals surface area contributed by atoms with Crippen molar-refractivity contribution in [2.24, 2.45) is 10.7 Å². The van der Waals surface area contributed by atoms with Crippen molar-refractivity contribution >= 4 is 17.8 Å². The van der Waals surface area contributed by atoms with E-state index in [1.807, 2.05) is 24.3 Å². The maximum Gasteiger partial charge on any atom is 0.234 e. The number of phenols is 1. The molecule has 3 aromatic rings. The zero-order valence-electron chi connectivity index (χ0n) is 19.7. The lowest BCUT2D eigenvalue weighted by atomic mass is 9.81. The van der Waals surface area contributed by atoms with Crippen molar-refractivity contribution in [3.8, 4) is 11.6 Å². The van der Waals surface area contributed by atoms with E-state index in [1.54, 1.807) is 54.9 Å². The quantitative estimate of drug-likeness (QED) is 0.484. The molecule has 1 aromatic carbocycles. The molecule has 1 amide bonds. The predicted octanol–water partition coefficient (Wildman–Crippen LogP) is 3.76.